The minimum Gasteiger partial charge on any atom is -0.222 e. The summed E-state index contributed by atoms with van der Waals surface area (Å²) >= 11 is 0. The van der Waals surface area contributed by atoms with E-state index in [4.69, 9.17) is 0 Å². The summed E-state index contributed by atoms with van der Waals surface area (Å²) in [6.45, 7) is 3.35. The van der Waals surface area contributed by atoms with Crippen LogP contribution >= 0.6 is 0 Å². The van der Waals surface area contributed by atoms with Gasteiger partial charge >= 0.3 is 0 Å². The highest BCUT2D eigenvalue weighted by atomic mass is 15.2. The number of rotatable bonds is 0. The van der Waals surface area contributed by atoms with Gasteiger partial charge in [-0.25, -0.2) is 4.57 Å². The molecule has 0 saturated heterocycles. The van der Waals surface area contributed by atoms with Crippen LogP contribution in [0.25, 0.3) is 27.3 Å². The molecule has 2 aromatic carbocycles. The Morgan fingerprint density at radius 1 is 1.00 bits per heavy atom. The Hall–Kier alpha value is -2.35. The summed E-state index contributed by atoms with van der Waals surface area (Å²) in [5.74, 6) is 1.58. The van der Waals surface area contributed by atoms with E-state index in [1.165, 1.54) is 57.7 Å². The van der Waals surface area contributed by atoms with Gasteiger partial charge in [-0.15, -0.1) is 0 Å². The topological polar surface area (TPSA) is 8.29 Å². The molecule has 2 nitrogen and oxygen atoms in total. The summed E-state index contributed by atoms with van der Waals surface area (Å²) in [7, 11) is 0. The number of aryl methyl sites for hydroxylation is 1. The van der Waals surface area contributed by atoms with Crippen LogP contribution in [0.3, 0.4) is 0 Å². The molecule has 3 aliphatic rings. The molecule has 116 valence electrons. The number of nitrogens with zero attached hydrogens (tertiary/aromatic N) is 2. The first-order chi connectivity index (χ1) is 11.8. The average molecular weight is 311 g/mol. The highest BCUT2D eigenvalue weighted by Crippen LogP contribution is 2.54. The fourth-order valence-electron chi connectivity index (χ4n) is 6.10. The Kier molecular flexibility index (Phi) is 1.84. The van der Waals surface area contributed by atoms with Crippen molar-refractivity contribution >= 4 is 27.3 Å². The zero-order valence-corrected chi connectivity index (χ0v) is 13.8. The van der Waals surface area contributed by atoms with Crippen molar-refractivity contribution in [1.29, 1.82) is 0 Å². The second kappa shape index (κ2) is 3.66. The minimum atomic E-state index is 0.782. The van der Waals surface area contributed by atoms with Gasteiger partial charge in [-0.2, -0.15) is 4.40 Å². The van der Waals surface area contributed by atoms with E-state index < -0.39 is 0 Å². The molecule has 24 heavy (non-hydrogen) atoms. The van der Waals surface area contributed by atoms with Gasteiger partial charge in [0.1, 0.15) is 12.1 Å². The van der Waals surface area contributed by atoms with Gasteiger partial charge in [-0.1, -0.05) is 36.4 Å². The Bertz CT molecular complexity index is 1230. The van der Waals surface area contributed by atoms with E-state index in [1.807, 2.05) is 0 Å². The van der Waals surface area contributed by atoms with Gasteiger partial charge in [-0.3, -0.25) is 0 Å². The fraction of sp³-hybridized carbons (Fsp3) is 0.318. The lowest BCUT2D eigenvalue weighted by Crippen LogP contribution is -2.35. The number of fused-ring (bicyclic) bond motifs is 10. The lowest BCUT2D eigenvalue weighted by atomic mass is 9.98. The van der Waals surface area contributed by atoms with Crippen molar-refractivity contribution in [3.05, 3.63) is 58.9 Å². The molecule has 1 saturated carbocycles. The zero-order chi connectivity index (χ0) is 15.6. The minimum absolute atomic E-state index is 0.782. The van der Waals surface area contributed by atoms with Gasteiger partial charge in [-0.05, 0) is 31.7 Å². The molecule has 2 heteroatoms. The van der Waals surface area contributed by atoms with Gasteiger partial charge in [0.25, 0.3) is 5.65 Å². The number of para-hydroxylation sites is 1. The summed E-state index contributed by atoms with van der Waals surface area (Å²) < 4.78 is 5.34. The smallest absolute Gasteiger partial charge is 0.222 e. The first kappa shape index (κ1) is 12.1. The molecule has 4 aromatic rings. The maximum Gasteiger partial charge on any atom is 0.295 e. The molecule has 1 aliphatic heterocycles. The van der Waals surface area contributed by atoms with Gasteiger partial charge in [0.05, 0.1) is 5.39 Å². The van der Waals surface area contributed by atoms with Crippen LogP contribution in [-0.2, 0) is 6.54 Å². The monoisotopic (exact) mass is 311 g/mol. The predicted octanol–water partition coefficient (Wildman–Crippen LogP) is 4.57. The predicted molar refractivity (Wildman–Crippen MR) is 95.8 cm³/mol. The standard InChI is InChI=1S/C22H19N2/c1-12-4-2-7-17-16-6-3-5-15-11-23-20-13-8-9-14(10-13)21(20)24(19(12)17)22(23)18(15)16/h2-7,13-14H,8-11H2,1H3/q+1. The lowest BCUT2D eigenvalue weighted by Gasteiger charge is -2.11. The molecular weight excluding hydrogens is 292 g/mol. The quantitative estimate of drug-likeness (QED) is 0.292. The van der Waals surface area contributed by atoms with Crippen LogP contribution in [0.5, 0.6) is 0 Å². The molecule has 2 aromatic heterocycles. The van der Waals surface area contributed by atoms with E-state index in [0.717, 1.165) is 18.4 Å². The molecule has 7 rings (SSSR count). The molecule has 2 unspecified atom stereocenters. The summed E-state index contributed by atoms with van der Waals surface area (Å²) in [6, 6.07) is 13.7. The lowest BCUT2D eigenvalue weighted by molar-refractivity contribution is -0.666. The van der Waals surface area contributed by atoms with Crippen LogP contribution in [0.15, 0.2) is 36.4 Å². The van der Waals surface area contributed by atoms with Gasteiger partial charge < -0.3 is 0 Å². The summed E-state index contributed by atoms with van der Waals surface area (Å²) in [5, 5.41) is 4.37. The van der Waals surface area contributed by atoms with Crippen molar-refractivity contribution in [3.8, 4) is 0 Å². The first-order valence-electron chi connectivity index (χ1n) is 9.24. The molecule has 2 atom stereocenters. The fourth-order valence-corrected chi connectivity index (χ4v) is 6.10. The second-order valence-electron chi connectivity index (χ2n) is 8.03. The van der Waals surface area contributed by atoms with Gasteiger partial charge in [0, 0.05) is 28.2 Å². The summed E-state index contributed by atoms with van der Waals surface area (Å²) in [5.41, 5.74) is 9.15. The Balaban J connectivity index is 1.88. The van der Waals surface area contributed by atoms with E-state index >= 15 is 0 Å². The number of pyridine rings is 1. The average Bonchev–Trinajstić information content (AvgIpc) is 3.32. The van der Waals surface area contributed by atoms with Gasteiger partial charge in [0.15, 0.2) is 11.4 Å². The Morgan fingerprint density at radius 3 is 2.79 bits per heavy atom. The van der Waals surface area contributed by atoms with Crippen molar-refractivity contribution in [2.24, 2.45) is 0 Å². The molecule has 0 amide bonds. The first-order valence-corrected chi connectivity index (χ1v) is 9.24. The molecule has 1 fully saturated rings. The molecule has 0 spiro atoms. The number of hydrogen-bond acceptors (Lipinski definition) is 0. The largest absolute Gasteiger partial charge is 0.295 e. The van der Waals surface area contributed by atoms with Crippen molar-refractivity contribution in [3.63, 3.8) is 0 Å². The second-order valence-corrected chi connectivity index (χ2v) is 8.03. The maximum atomic E-state index is 2.67. The molecule has 2 aliphatic carbocycles. The molecule has 3 heterocycles. The van der Waals surface area contributed by atoms with Gasteiger partial charge in [0.2, 0.25) is 0 Å². The number of hydrogen-bond donors (Lipinski definition) is 0. The van der Waals surface area contributed by atoms with Crippen LogP contribution in [0.4, 0.5) is 0 Å². The van der Waals surface area contributed by atoms with Crippen LogP contribution in [-0.4, -0.2) is 4.40 Å². The normalized spacial score (nSPS) is 23.4. The maximum absolute atomic E-state index is 2.67. The number of aromatic nitrogens is 2. The van der Waals surface area contributed by atoms with E-state index in [2.05, 4.69) is 52.3 Å². The van der Waals surface area contributed by atoms with E-state index in [0.29, 0.717) is 0 Å². The highest BCUT2D eigenvalue weighted by Gasteiger charge is 2.49. The van der Waals surface area contributed by atoms with E-state index in [-0.39, 0.29) is 0 Å². The summed E-state index contributed by atoms with van der Waals surface area (Å²) in [6.07, 6.45) is 4.16. The Labute approximate surface area is 140 Å². The SMILES string of the molecule is Cc1cccc2c3cccc4c3c3n(c5c([n+]3C4)C3CCC5C3)c12. The van der Waals surface area contributed by atoms with Crippen molar-refractivity contribution in [2.45, 2.75) is 44.6 Å². The molecule has 0 N–H and O–H groups in total. The third-order valence-electron chi connectivity index (χ3n) is 6.92. The van der Waals surface area contributed by atoms with E-state index in [1.54, 1.807) is 11.4 Å². The molecular formula is C22H19N2+. The van der Waals surface area contributed by atoms with E-state index in [9.17, 15) is 0 Å². The van der Waals surface area contributed by atoms with Crippen LogP contribution in [0.1, 0.15) is 53.6 Å². The zero-order valence-electron chi connectivity index (χ0n) is 13.8. The third-order valence-corrected chi connectivity index (χ3v) is 6.92. The molecule has 0 radical (unpaired) electrons. The molecule has 2 bridgehead atoms. The summed E-state index contributed by atoms with van der Waals surface area (Å²) in [4.78, 5) is 0. The third kappa shape index (κ3) is 1.10. The number of imidazole rings is 1. The van der Waals surface area contributed by atoms with Crippen LogP contribution in [0, 0.1) is 6.92 Å². The van der Waals surface area contributed by atoms with Crippen molar-refractivity contribution in [2.75, 3.05) is 0 Å². The van der Waals surface area contributed by atoms with Crippen LogP contribution in [0.2, 0.25) is 0 Å². The highest BCUT2D eigenvalue weighted by molar-refractivity contribution is 6.13. The number of benzene rings is 2. The van der Waals surface area contributed by atoms with Crippen molar-refractivity contribution < 1.29 is 4.57 Å². The van der Waals surface area contributed by atoms with Crippen molar-refractivity contribution in [1.82, 2.24) is 4.40 Å². The van der Waals surface area contributed by atoms with Crippen LogP contribution < -0.4 is 4.57 Å². The Morgan fingerprint density at radius 2 is 1.83 bits per heavy atom.